The average Bonchev–Trinajstić information content (AvgIpc) is 2.49. The summed E-state index contributed by atoms with van der Waals surface area (Å²) in [7, 11) is -3.17. The van der Waals surface area contributed by atoms with Gasteiger partial charge in [-0.1, -0.05) is 30.7 Å². The summed E-state index contributed by atoms with van der Waals surface area (Å²) < 4.78 is 24.1. The lowest BCUT2D eigenvalue weighted by atomic mass is 10.1. The first-order valence-corrected chi connectivity index (χ1v) is 8.73. The molecule has 2 rings (SSSR count). The van der Waals surface area contributed by atoms with E-state index in [4.69, 9.17) is 0 Å². The van der Waals surface area contributed by atoms with Crippen LogP contribution < -0.4 is 10.6 Å². The Morgan fingerprint density at radius 3 is 2.80 bits per heavy atom. The number of hydrogen-bond donors (Lipinski definition) is 2. The number of benzene rings is 1. The normalized spacial score (nSPS) is 15.8. The van der Waals surface area contributed by atoms with Gasteiger partial charge >= 0.3 is 0 Å². The Hall–Kier alpha value is -1.33. The van der Waals surface area contributed by atoms with Crippen LogP contribution in [0.4, 0.5) is 5.69 Å². The Morgan fingerprint density at radius 2 is 2.10 bits per heavy atom. The lowest BCUT2D eigenvalue weighted by Gasteiger charge is -2.16. The van der Waals surface area contributed by atoms with Gasteiger partial charge in [0.1, 0.15) is 0 Å². The number of rotatable bonds is 6. The number of hydrogen-bond acceptors (Lipinski definition) is 4. The minimum Gasteiger partial charge on any atom is -0.384 e. The van der Waals surface area contributed by atoms with Gasteiger partial charge in [0, 0.05) is 13.1 Å². The molecule has 0 radical (unpaired) electrons. The molecule has 0 spiro atoms. The zero-order valence-corrected chi connectivity index (χ0v) is 12.7. The lowest BCUT2D eigenvalue weighted by Crippen LogP contribution is -2.21. The minimum atomic E-state index is -3.17. The summed E-state index contributed by atoms with van der Waals surface area (Å²) >= 11 is 0. The van der Waals surface area contributed by atoms with Gasteiger partial charge in [0.2, 0.25) is 0 Å². The highest BCUT2D eigenvalue weighted by Crippen LogP contribution is 2.22. The zero-order valence-electron chi connectivity index (χ0n) is 11.9. The van der Waals surface area contributed by atoms with E-state index in [0.717, 1.165) is 32.5 Å². The molecule has 110 valence electrons. The fraction of sp³-hybridized carbons (Fsp3) is 0.467. The highest BCUT2D eigenvalue weighted by atomic mass is 32.2. The van der Waals surface area contributed by atoms with Gasteiger partial charge in [-0.3, -0.25) is 0 Å². The molecule has 0 aliphatic carbocycles. The third-order valence-corrected chi connectivity index (χ3v) is 5.31. The molecule has 0 fully saturated rings. The van der Waals surface area contributed by atoms with E-state index in [9.17, 15) is 8.42 Å². The van der Waals surface area contributed by atoms with Gasteiger partial charge in [-0.2, -0.15) is 0 Å². The summed E-state index contributed by atoms with van der Waals surface area (Å²) in [5.41, 5.74) is 2.15. The SMILES string of the molecule is CCS(=O)(=O)c1ccccc1NCCC1=CCNCC1. The van der Waals surface area contributed by atoms with Crippen LogP contribution in [0.25, 0.3) is 0 Å². The van der Waals surface area contributed by atoms with Crippen molar-refractivity contribution in [1.29, 1.82) is 0 Å². The standard InChI is InChI=1S/C15H22N2O2S/c1-2-20(18,19)15-6-4-3-5-14(15)17-12-9-13-7-10-16-11-8-13/h3-7,16-17H,2,8-12H2,1H3. The van der Waals surface area contributed by atoms with E-state index in [1.807, 2.05) is 12.1 Å². The van der Waals surface area contributed by atoms with Crippen molar-refractivity contribution in [2.75, 3.05) is 30.7 Å². The molecule has 1 aliphatic rings. The van der Waals surface area contributed by atoms with E-state index >= 15 is 0 Å². The first kappa shape index (κ1) is 15.1. The molecule has 0 saturated heterocycles. The molecule has 1 heterocycles. The first-order chi connectivity index (χ1) is 9.63. The van der Waals surface area contributed by atoms with E-state index < -0.39 is 9.84 Å². The summed E-state index contributed by atoms with van der Waals surface area (Å²) in [5.74, 6) is 0.127. The molecule has 0 amide bonds. The highest BCUT2D eigenvalue weighted by Gasteiger charge is 2.15. The van der Waals surface area contributed by atoms with Crippen LogP contribution in [-0.4, -0.2) is 33.8 Å². The molecule has 0 aromatic heterocycles. The fourth-order valence-electron chi connectivity index (χ4n) is 2.29. The largest absolute Gasteiger partial charge is 0.384 e. The molecule has 1 aromatic rings. The second kappa shape index (κ2) is 6.90. The van der Waals surface area contributed by atoms with Gasteiger partial charge < -0.3 is 10.6 Å². The predicted molar refractivity (Wildman–Crippen MR) is 82.8 cm³/mol. The van der Waals surface area contributed by atoms with Crippen molar-refractivity contribution in [2.24, 2.45) is 0 Å². The van der Waals surface area contributed by atoms with Crippen LogP contribution in [0.3, 0.4) is 0 Å². The Morgan fingerprint density at radius 1 is 1.30 bits per heavy atom. The molecule has 2 N–H and O–H groups in total. The molecule has 1 aliphatic heterocycles. The van der Waals surface area contributed by atoms with Crippen molar-refractivity contribution in [2.45, 2.75) is 24.7 Å². The molecule has 0 atom stereocenters. The van der Waals surface area contributed by atoms with Crippen LogP contribution in [-0.2, 0) is 9.84 Å². The minimum absolute atomic E-state index is 0.127. The second-order valence-corrected chi connectivity index (χ2v) is 7.14. The van der Waals surface area contributed by atoms with Gasteiger partial charge in [-0.05, 0) is 31.5 Å². The average molecular weight is 294 g/mol. The summed E-state index contributed by atoms with van der Waals surface area (Å²) in [6.07, 6.45) is 4.26. The smallest absolute Gasteiger partial charge is 0.180 e. The van der Waals surface area contributed by atoms with Crippen molar-refractivity contribution in [3.63, 3.8) is 0 Å². The summed E-state index contributed by atoms with van der Waals surface area (Å²) in [5, 5.41) is 6.54. The van der Waals surface area contributed by atoms with Crippen LogP contribution in [0.2, 0.25) is 0 Å². The van der Waals surface area contributed by atoms with Crippen LogP contribution >= 0.6 is 0 Å². The summed E-state index contributed by atoms with van der Waals surface area (Å²) in [6.45, 7) is 4.41. The van der Waals surface area contributed by atoms with E-state index in [1.54, 1.807) is 19.1 Å². The molecule has 0 bridgehead atoms. The molecule has 4 nitrogen and oxygen atoms in total. The van der Waals surface area contributed by atoms with Crippen molar-refractivity contribution in [1.82, 2.24) is 5.32 Å². The number of anilines is 1. The quantitative estimate of drug-likeness (QED) is 0.790. The monoisotopic (exact) mass is 294 g/mol. The third kappa shape index (κ3) is 3.84. The number of nitrogens with one attached hydrogen (secondary N) is 2. The third-order valence-electron chi connectivity index (χ3n) is 3.52. The lowest BCUT2D eigenvalue weighted by molar-refractivity contribution is 0.597. The van der Waals surface area contributed by atoms with Crippen molar-refractivity contribution in [3.05, 3.63) is 35.9 Å². The molecule has 5 heteroatoms. The second-order valence-electron chi connectivity index (χ2n) is 4.89. The van der Waals surface area contributed by atoms with Gasteiger partial charge in [0.25, 0.3) is 0 Å². The predicted octanol–water partition coefficient (Wildman–Crippen LogP) is 2.20. The van der Waals surface area contributed by atoms with E-state index in [1.165, 1.54) is 5.57 Å². The van der Waals surface area contributed by atoms with Crippen LogP contribution in [0.15, 0.2) is 40.8 Å². The van der Waals surface area contributed by atoms with Crippen LogP contribution in [0, 0.1) is 0 Å². The Balaban J connectivity index is 2.01. The molecular formula is C15H22N2O2S. The summed E-state index contributed by atoms with van der Waals surface area (Å²) in [4.78, 5) is 0.404. The first-order valence-electron chi connectivity index (χ1n) is 7.08. The molecule has 0 unspecified atom stereocenters. The Kier molecular flexibility index (Phi) is 5.20. The molecule has 1 aromatic carbocycles. The van der Waals surface area contributed by atoms with Gasteiger partial charge in [-0.15, -0.1) is 0 Å². The zero-order chi connectivity index (χ0) is 14.4. The van der Waals surface area contributed by atoms with E-state index in [2.05, 4.69) is 16.7 Å². The number of para-hydroxylation sites is 1. The Bertz CT molecular complexity index is 579. The maximum absolute atomic E-state index is 12.0. The summed E-state index contributed by atoms with van der Waals surface area (Å²) in [6, 6.07) is 7.13. The van der Waals surface area contributed by atoms with E-state index in [0.29, 0.717) is 10.6 Å². The van der Waals surface area contributed by atoms with Crippen molar-refractivity contribution in [3.8, 4) is 0 Å². The number of sulfone groups is 1. The van der Waals surface area contributed by atoms with E-state index in [-0.39, 0.29) is 5.75 Å². The molecule has 0 saturated carbocycles. The Labute approximate surface area is 121 Å². The topological polar surface area (TPSA) is 58.2 Å². The van der Waals surface area contributed by atoms with Gasteiger partial charge in [0.15, 0.2) is 9.84 Å². The molecule has 20 heavy (non-hydrogen) atoms. The van der Waals surface area contributed by atoms with Gasteiger partial charge in [0.05, 0.1) is 16.3 Å². The maximum atomic E-state index is 12.0. The maximum Gasteiger partial charge on any atom is 0.180 e. The van der Waals surface area contributed by atoms with Crippen molar-refractivity contribution >= 4 is 15.5 Å². The van der Waals surface area contributed by atoms with Crippen LogP contribution in [0.1, 0.15) is 19.8 Å². The van der Waals surface area contributed by atoms with Crippen LogP contribution in [0.5, 0.6) is 0 Å². The fourth-order valence-corrected chi connectivity index (χ4v) is 3.37. The van der Waals surface area contributed by atoms with Gasteiger partial charge in [-0.25, -0.2) is 8.42 Å². The highest BCUT2D eigenvalue weighted by molar-refractivity contribution is 7.91. The molecular weight excluding hydrogens is 272 g/mol. The van der Waals surface area contributed by atoms with Crippen molar-refractivity contribution < 1.29 is 8.42 Å².